The van der Waals surface area contributed by atoms with Crippen LogP contribution in [0.2, 0.25) is 0 Å². The van der Waals surface area contributed by atoms with Gasteiger partial charge in [0.2, 0.25) is 0 Å². The molecule has 0 unspecified atom stereocenters. The fraction of sp³-hybridized carbons (Fsp3) is 0.588. The third kappa shape index (κ3) is 3.29. The number of carbonyl (C=O) groups is 1. The topological polar surface area (TPSA) is 44.8 Å². The van der Waals surface area contributed by atoms with Crippen molar-refractivity contribution in [1.29, 1.82) is 0 Å². The summed E-state index contributed by atoms with van der Waals surface area (Å²) in [5.74, 6) is 0. The van der Waals surface area contributed by atoms with E-state index in [1.807, 2.05) is 6.92 Å². The number of ether oxygens (including phenoxy) is 1. The van der Waals surface area contributed by atoms with Crippen molar-refractivity contribution in [1.82, 2.24) is 0 Å². The van der Waals surface area contributed by atoms with E-state index >= 15 is 0 Å². The van der Waals surface area contributed by atoms with E-state index in [2.05, 4.69) is 33.3 Å². The fourth-order valence-electron chi connectivity index (χ4n) is 3.31. The van der Waals surface area contributed by atoms with Crippen LogP contribution in [0.5, 0.6) is 0 Å². The quantitative estimate of drug-likeness (QED) is 0.925. The first kappa shape index (κ1) is 15.0. The predicted molar refractivity (Wildman–Crippen MR) is 90.0 cm³/mol. The van der Waals surface area contributed by atoms with Crippen LogP contribution in [0.1, 0.15) is 32.6 Å². The molecule has 2 heterocycles. The van der Waals surface area contributed by atoms with E-state index in [0.717, 1.165) is 37.6 Å². The molecule has 3 rings (SSSR count). The van der Waals surface area contributed by atoms with Crippen molar-refractivity contribution < 1.29 is 9.53 Å². The minimum atomic E-state index is -0.374. The summed E-state index contributed by atoms with van der Waals surface area (Å²) in [4.78, 5) is 16.6. The van der Waals surface area contributed by atoms with Crippen LogP contribution in [0.3, 0.4) is 0 Å². The molecule has 0 aliphatic carbocycles. The highest BCUT2D eigenvalue weighted by Gasteiger charge is 2.20. The van der Waals surface area contributed by atoms with Gasteiger partial charge in [0.05, 0.1) is 18.0 Å². The van der Waals surface area contributed by atoms with E-state index in [9.17, 15) is 4.79 Å². The number of amides is 1. The molecule has 1 aromatic carbocycles. The van der Waals surface area contributed by atoms with Gasteiger partial charge in [-0.15, -0.1) is 0 Å². The minimum absolute atomic E-state index is 0.374. The van der Waals surface area contributed by atoms with Crippen LogP contribution >= 0.6 is 0 Å². The third-order valence-corrected chi connectivity index (χ3v) is 4.41. The van der Waals surface area contributed by atoms with Gasteiger partial charge in [-0.3, -0.25) is 5.32 Å². The van der Waals surface area contributed by atoms with Crippen LogP contribution in [0.25, 0.3) is 0 Å². The molecule has 5 nitrogen and oxygen atoms in total. The molecule has 0 saturated carbocycles. The van der Waals surface area contributed by atoms with Gasteiger partial charge in [0, 0.05) is 31.9 Å². The summed E-state index contributed by atoms with van der Waals surface area (Å²) < 4.78 is 5.05. The lowest BCUT2D eigenvalue weighted by molar-refractivity contribution is 0.168. The highest BCUT2D eigenvalue weighted by molar-refractivity contribution is 5.91. The van der Waals surface area contributed by atoms with Crippen molar-refractivity contribution >= 4 is 23.2 Å². The molecule has 1 N–H and O–H groups in total. The molecule has 0 atom stereocenters. The molecule has 120 valence electrons. The molecule has 2 aliphatic rings. The van der Waals surface area contributed by atoms with Gasteiger partial charge in [0.25, 0.3) is 0 Å². The van der Waals surface area contributed by atoms with Crippen molar-refractivity contribution in [3.05, 3.63) is 18.2 Å². The molecule has 2 saturated heterocycles. The molecule has 0 spiro atoms. The minimum Gasteiger partial charge on any atom is -0.450 e. The van der Waals surface area contributed by atoms with Gasteiger partial charge in [-0.25, -0.2) is 4.79 Å². The molecule has 0 radical (unpaired) electrons. The summed E-state index contributed by atoms with van der Waals surface area (Å²) >= 11 is 0. The number of anilines is 3. The van der Waals surface area contributed by atoms with Crippen molar-refractivity contribution in [3.63, 3.8) is 0 Å². The maximum Gasteiger partial charge on any atom is 0.411 e. The van der Waals surface area contributed by atoms with E-state index in [1.54, 1.807) is 0 Å². The summed E-state index contributed by atoms with van der Waals surface area (Å²) in [6, 6.07) is 6.41. The zero-order valence-electron chi connectivity index (χ0n) is 13.3. The lowest BCUT2D eigenvalue weighted by Gasteiger charge is -2.25. The Morgan fingerprint density at radius 1 is 1.09 bits per heavy atom. The van der Waals surface area contributed by atoms with Crippen molar-refractivity contribution in [2.45, 2.75) is 32.6 Å². The van der Waals surface area contributed by atoms with E-state index in [0.29, 0.717) is 6.61 Å². The number of hydrogen-bond acceptors (Lipinski definition) is 4. The molecule has 0 aromatic heterocycles. The summed E-state index contributed by atoms with van der Waals surface area (Å²) in [5, 5.41) is 2.92. The first-order valence-electron chi connectivity index (χ1n) is 8.35. The van der Waals surface area contributed by atoms with Gasteiger partial charge < -0.3 is 14.5 Å². The largest absolute Gasteiger partial charge is 0.450 e. The third-order valence-electron chi connectivity index (χ3n) is 4.41. The second-order valence-electron chi connectivity index (χ2n) is 5.94. The maximum atomic E-state index is 11.8. The summed E-state index contributed by atoms with van der Waals surface area (Å²) in [6.45, 7) is 6.52. The monoisotopic (exact) mass is 303 g/mol. The van der Waals surface area contributed by atoms with Crippen LogP contribution in [0.4, 0.5) is 21.9 Å². The molecule has 2 aliphatic heterocycles. The Bertz CT molecular complexity index is 521. The van der Waals surface area contributed by atoms with Crippen molar-refractivity contribution in [3.8, 4) is 0 Å². The number of nitrogens with zero attached hydrogens (tertiary/aromatic N) is 2. The molecule has 2 fully saturated rings. The standard InChI is InChI=1S/C17H25N3O2/c1-2-22-17(21)18-15-13-14(19-9-3-4-10-19)7-8-16(15)20-11-5-6-12-20/h7-8,13H,2-6,9-12H2,1H3,(H,18,21). The molecule has 1 aromatic rings. The summed E-state index contributed by atoms with van der Waals surface area (Å²) in [7, 11) is 0. The zero-order valence-corrected chi connectivity index (χ0v) is 13.3. The van der Waals surface area contributed by atoms with E-state index in [4.69, 9.17) is 4.74 Å². The highest BCUT2D eigenvalue weighted by Crippen LogP contribution is 2.34. The molecular weight excluding hydrogens is 278 g/mol. The van der Waals surface area contributed by atoms with Crippen LogP contribution in [0, 0.1) is 0 Å². The average molecular weight is 303 g/mol. The Morgan fingerprint density at radius 3 is 2.36 bits per heavy atom. The van der Waals surface area contributed by atoms with E-state index in [-0.39, 0.29) is 6.09 Å². The Labute approximate surface area is 132 Å². The molecule has 5 heteroatoms. The summed E-state index contributed by atoms with van der Waals surface area (Å²) in [6.07, 6.45) is 4.55. The van der Waals surface area contributed by atoms with Gasteiger partial charge >= 0.3 is 6.09 Å². The molecule has 22 heavy (non-hydrogen) atoms. The highest BCUT2D eigenvalue weighted by atomic mass is 16.5. The van der Waals surface area contributed by atoms with Crippen molar-refractivity contribution in [2.24, 2.45) is 0 Å². The number of nitrogens with one attached hydrogen (secondary N) is 1. The second-order valence-corrected chi connectivity index (χ2v) is 5.94. The first-order chi connectivity index (χ1) is 10.8. The number of hydrogen-bond donors (Lipinski definition) is 1. The second kappa shape index (κ2) is 6.90. The predicted octanol–water partition coefficient (Wildman–Crippen LogP) is 3.46. The van der Waals surface area contributed by atoms with Crippen LogP contribution in [0.15, 0.2) is 18.2 Å². The van der Waals surface area contributed by atoms with E-state index in [1.165, 1.54) is 31.4 Å². The molecule has 1 amide bonds. The SMILES string of the molecule is CCOC(=O)Nc1cc(N2CCCC2)ccc1N1CCCC1. The normalized spacial score (nSPS) is 17.9. The molecular formula is C17H25N3O2. The Hall–Kier alpha value is -1.91. The van der Waals surface area contributed by atoms with Gasteiger partial charge in [0.15, 0.2) is 0 Å². The van der Waals surface area contributed by atoms with Gasteiger partial charge in [-0.1, -0.05) is 0 Å². The smallest absolute Gasteiger partial charge is 0.411 e. The summed E-state index contributed by atoms with van der Waals surface area (Å²) in [5.41, 5.74) is 3.16. The van der Waals surface area contributed by atoms with E-state index < -0.39 is 0 Å². The van der Waals surface area contributed by atoms with Crippen molar-refractivity contribution in [2.75, 3.05) is 47.9 Å². The fourth-order valence-corrected chi connectivity index (χ4v) is 3.31. The van der Waals surface area contributed by atoms with Crippen LogP contribution in [-0.4, -0.2) is 38.9 Å². The average Bonchev–Trinajstić information content (AvgIpc) is 3.21. The lowest BCUT2D eigenvalue weighted by Crippen LogP contribution is -2.23. The van der Waals surface area contributed by atoms with Gasteiger partial charge in [0.1, 0.15) is 0 Å². The van der Waals surface area contributed by atoms with Crippen LogP contribution < -0.4 is 15.1 Å². The lowest BCUT2D eigenvalue weighted by atomic mass is 10.2. The first-order valence-corrected chi connectivity index (χ1v) is 8.35. The van der Waals surface area contributed by atoms with Gasteiger partial charge in [-0.2, -0.15) is 0 Å². The number of benzene rings is 1. The Morgan fingerprint density at radius 2 is 1.73 bits per heavy atom. The van der Waals surface area contributed by atoms with Crippen LogP contribution in [-0.2, 0) is 4.74 Å². The Kier molecular flexibility index (Phi) is 4.71. The number of rotatable bonds is 4. The zero-order chi connectivity index (χ0) is 15.4. The molecule has 0 bridgehead atoms. The maximum absolute atomic E-state index is 11.8. The van der Waals surface area contributed by atoms with Gasteiger partial charge in [-0.05, 0) is 50.8 Å². The number of carbonyl (C=O) groups excluding carboxylic acids is 1. The Balaban J connectivity index is 1.85.